The van der Waals surface area contributed by atoms with E-state index in [0.29, 0.717) is 5.92 Å². The Kier molecular flexibility index (Phi) is 5.25. The number of hydrogen-bond donors (Lipinski definition) is 2. The predicted octanol–water partition coefficient (Wildman–Crippen LogP) is 3.20. The highest BCUT2D eigenvalue weighted by atomic mass is 16.6. The van der Waals surface area contributed by atoms with E-state index < -0.39 is 5.60 Å². The largest absolute Gasteiger partial charge is 0.444 e. The van der Waals surface area contributed by atoms with E-state index >= 15 is 0 Å². The maximum atomic E-state index is 12.0. The minimum Gasteiger partial charge on any atom is -0.444 e. The van der Waals surface area contributed by atoms with Gasteiger partial charge < -0.3 is 15.8 Å². The lowest BCUT2D eigenvalue weighted by Crippen LogP contribution is -2.61. The molecule has 1 fully saturated rings. The van der Waals surface area contributed by atoms with E-state index in [4.69, 9.17) is 10.5 Å². The third-order valence-electron chi connectivity index (χ3n) is 3.74. The van der Waals surface area contributed by atoms with Crippen molar-refractivity contribution in [1.29, 1.82) is 0 Å². The molecule has 1 atom stereocenters. The second-order valence-electron chi connectivity index (χ2n) is 7.16. The van der Waals surface area contributed by atoms with Crippen molar-refractivity contribution in [3.05, 3.63) is 0 Å². The van der Waals surface area contributed by atoms with Crippen LogP contribution in [0.2, 0.25) is 0 Å². The zero-order chi connectivity index (χ0) is 14.7. The van der Waals surface area contributed by atoms with Crippen molar-refractivity contribution in [2.45, 2.75) is 83.9 Å². The van der Waals surface area contributed by atoms with Gasteiger partial charge in [0.15, 0.2) is 0 Å². The number of rotatable bonds is 3. The smallest absolute Gasteiger partial charge is 0.407 e. The molecule has 0 aromatic rings. The molecule has 1 rings (SSSR count). The Labute approximate surface area is 117 Å². The number of nitrogens with two attached hydrogens (primary N) is 1. The first kappa shape index (κ1) is 16.3. The van der Waals surface area contributed by atoms with Crippen LogP contribution in [0.1, 0.15) is 66.7 Å². The van der Waals surface area contributed by atoms with Crippen molar-refractivity contribution < 1.29 is 9.53 Å². The maximum Gasteiger partial charge on any atom is 0.407 e. The molecular formula is C15H30N2O2. The summed E-state index contributed by atoms with van der Waals surface area (Å²) in [4.78, 5) is 12.0. The number of hydrogen-bond acceptors (Lipinski definition) is 3. The van der Waals surface area contributed by atoms with Gasteiger partial charge in [-0.25, -0.2) is 4.79 Å². The quantitative estimate of drug-likeness (QED) is 0.827. The van der Waals surface area contributed by atoms with Crippen LogP contribution in [0.3, 0.4) is 0 Å². The van der Waals surface area contributed by atoms with E-state index in [1.54, 1.807) is 0 Å². The monoisotopic (exact) mass is 270 g/mol. The lowest BCUT2D eigenvalue weighted by atomic mass is 9.73. The van der Waals surface area contributed by atoms with Gasteiger partial charge in [-0.05, 0) is 39.5 Å². The van der Waals surface area contributed by atoms with Gasteiger partial charge >= 0.3 is 6.09 Å². The molecule has 4 nitrogen and oxygen atoms in total. The lowest BCUT2D eigenvalue weighted by molar-refractivity contribution is 0.0433. The summed E-state index contributed by atoms with van der Waals surface area (Å²) in [6.07, 6.45) is 5.14. The van der Waals surface area contributed by atoms with Gasteiger partial charge in [0.2, 0.25) is 0 Å². The van der Waals surface area contributed by atoms with Crippen LogP contribution >= 0.6 is 0 Å². The zero-order valence-electron chi connectivity index (χ0n) is 13.1. The molecule has 3 N–H and O–H groups in total. The van der Waals surface area contributed by atoms with Gasteiger partial charge in [0.25, 0.3) is 0 Å². The molecule has 0 aromatic carbocycles. The second-order valence-corrected chi connectivity index (χ2v) is 7.16. The highest BCUT2D eigenvalue weighted by molar-refractivity contribution is 5.68. The normalized spacial score (nSPS) is 21.0. The standard InChI is InChI=1S/C15H30N2O2/c1-11(2)12(15(16)9-7-6-8-10-15)17-13(18)19-14(3,4)5/h11-12H,6-10,16H2,1-5H3,(H,17,18). The fourth-order valence-electron chi connectivity index (χ4n) is 2.93. The van der Waals surface area contributed by atoms with E-state index in [1.165, 1.54) is 6.42 Å². The first-order valence-corrected chi connectivity index (χ1v) is 7.42. The minimum atomic E-state index is -0.472. The number of carbonyl (C=O) groups excluding carboxylic acids is 1. The summed E-state index contributed by atoms with van der Waals surface area (Å²) in [7, 11) is 0. The fourth-order valence-corrected chi connectivity index (χ4v) is 2.93. The van der Waals surface area contributed by atoms with Crippen LogP contribution in [-0.2, 0) is 4.74 Å². The van der Waals surface area contributed by atoms with E-state index in [0.717, 1.165) is 25.7 Å². The van der Waals surface area contributed by atoms with Gasteiger partial charge in [-0.1, -0.05) is 33.1 Å². The van der Waals surface area contributed by atoms with Crippen LogP contribution in [0.25, 0.3) is 0 Å². The summed E-state index contributed by atoms with van der Waals surface area (Å²) in [6.45, 7) is 9.82. The summed E-state index contributed by atoms with van der Waals surface area (Å²) < 4.78 is 5.35. The number of ether oxygens (including phenoxy) is 1. The first-order chi connectivity index (χ1) is 8.64. The van der Waals surface area contributed by atoms with Crippen molar-refractivity contribution in [3.8, 4) is 0 Å². The van der Waals surface area contributed by atoms with Crippen LogP contribution in [0.4, 0.5) is 4.79 Å². The summed E-state index contributed by atoms with van der Waals surface area (Å²) >= 11 is 0. The lowest BCUT2D eigenvalue weighted by Gasteiger charge is -2.43. The molecule has 0 aliphatic heterocycles. The highest BCUT2D eigenvalue weighted by Gasteiger charge is 2.39. The van der Waals surface area contributed by atoms with Crippen LogP contribution in [0, 0.1) is 5.92 Å². The van der Waals surface area contributed by atoms with E-state index in [1.807, 2.05) is 20.8 Å². The van der Waals surface area contributed by atoms with Crippen molar-refractivity contribution in [2.24, 2.45) is 11.7 Å². The third kappa shape index (κ3) is 5.01. The molecule has 1 amide bonds. The molecule has 0 bridgehead atoms. The first-order valence-electron chi connectivity index (χ1n) is 7.42. The molecule has 0 heterocycles. The van der Waals surface area contributed by atoms with Gasteiger partial charge in [-0.3, -0.25) is 0 Å². The third-order valence-corrected chi connectivity index (χ3v) is 3.74. The predicted molar refractivity (Wildman–Crippen MR) is 78.0 cm³/mol. The Balaban J connectivity index is 2.70. The molecule has 0 saturated heterocycles. The summed E-state index contributed by atoms with van der Waals surface area (Å²) in [6, 6.07) is -0.0253. The minimum absolute atomic E-state index is 0.0253. The molecule has 112 valence electrons. The van der Waals surface area contributed by atoms with Gasteiger partial charge in [0.1, 0.15) is 5.60 Å². The summed E-state index contributed by atoms with van der Waals surface area (Å²) in [5.41, 5.74) is 5.79. The molecule has 1 aliphatic carbocycles. The molecule has 0 aromatic heterocycles. The van der Waals surface area contributed by atoms with Crippen LogP contribution < -0.4 is 11.1 Å². The Hall–Kier alpha value is -0.770. The fraction of sp³-hybridized carbons (Fsp3) is 0.933. The summed E-state index contributed by atoms with van der Waals surface area (Å²) in [5, 5.41) is 3.00. The van der Waals surface area contributed by atoms with Crippen molar-refractivity contribution in [1.82, 2.24) is 5.32 Å². The zero-order valence-corrected chi connectivity index (χ0v) is 13.1. The Morgan fingerprint density at radius 2 is 1.74 bits per heavy atom. The van der Waals surface area contributed by atoms with Crippen LogP contribution in [0.5, 0.6) is 0 Å². The number of amides is 1. The maximum absolute atomic E-state index is 12.0. The summed E-state index contributed by atoms with van der Waals surface area (Å²) in [5.74, 6) is 0.301. The SMILES string of the molecule is CC(C)C(NC(=O)OC(C)(C)C)C1(N)CCCCC1. The Morgan fingerprint density at radius 3 is 2.16 bits per heavy atom. The van der Waals surface area contributed by atoms with Gasteiger partial charge in [0.05, 0.1) is 6.04 Å². The van der Waals surface area contributed by atoms with Crippen LogP contribution in [-0.4, -0.2) is 23.3 Å². The van der Waals surface area contributed by atoms with Crippen LogP contribution in [0.15, 0.2) is 0 Å². The molecule has 1 unspecified atom stereocenters. The van der Waals surface area contributed by atoms with E-state index in [-0.39, 0.29) is 17.7 Å². The van der Waals surface area contributed by atoms with Crippen molar-refractivity contribution in [3.63, 3.8) is 0 Å². The van der Waals surface area contributed by atoms with Gasteiger partial charge in [0, 0.05) is 5.54 Å². The average Bonchev–Trinajstić information content (AvgIpc) is 2.24. The van der Waals surface area contributed by atoms with E-state index in [9.17, 15) is 4.79 Å². The van der Waals surface area contributed by atoms with Crippen molar-refractivity contribution in [2.75, 3.05) is 0 Å². The Morgan fingerprint density at radius 1 is 1.21 bits per heavy atom. The topological polar surface area (TPSA) is 64.3 Å². The molecule has 4 heteroatoms. The average molecular weight is 270 g/mol. The van der Waals surface area contributed by atoms with Crippen molar-refractivity contribution >= 4 is 6.09 Å². The van der Waals surface area contributed by atoms with Gasteiger partial charge in [-0.2, -0.15) is 0 Å². The molecule has 1 saturated carbocycles. The highest BCUT2D eigenvalue weighted by Crippen LogP contribution is 2.31. The van der Waals surface area contributed by atoms with E-state index in [2.05, 4.69) is 19.2 Å². The molecule has 1 aliphatic rings. The molecule has 0 radical (unpaired) electrons. The van der Waals surface area contributed by atoms with Gasteiger partial charge in [-0.15, -0.1) is 0 Å². The Bertz CT molecular complexity index is 302. The molecule has 19 heavy (non-hydrogen) atoms. The number of alkyl carbamates (subject to hydrolysis) is 1. The number of carbonyl (C=O) groups is 1. The molecular weight excluding hydrogens is 240 g/mol. The number of nitrogens with one attached hydrogen (secondary N) is 1. The second kappa shape index (κ2) is 6.12. The molecule has 0 spiro atoms.